The third-order valence-electron chi connectivity index (χ3n) is 4.86. The summed E-state index contributed by atoms with van der Waals surface area (Å²) in [6.45, 7) is 9.04. The van der Waals surface area contributed by atoms with Gasteiger partial charge in [0.25, 0.3) is 0 Å². The van der Waals surface area contributed by atoms with Crippen LogP contribution in [0.15, 0.2) is 0 Å². The van der Waals surface area contributed by atoms with Gasteiger partial charge in [0.2, 0.25) is 0 Å². The average Bonchev–Trinajstić information content (AvgIpc) is 2.46. The van der Waals surface area contributed by atoms with E-state index in [4.69, 9.17) is 4.74 Å². The molecule has 4 unspecified atom stereocenters. The zero-order valence-corrected chi connectivity index (χ0v) is 13.2. The molecule has 4 heteroatoms. The van der Waals surface area contributed by atoms with Crippen molar-refractivity contribution in [3.8, 4) is 6.07 Å². The van der Waals surface area contributed by atoms with Gasteiger partial charge in [-0.25, -0.2) is 0 Å². The molecular formula is C16H29N3O. The number of rotatable bonds is 5. The van der Waals surface area contributed by atoms with Crippen LogP contribution in [-0.4, -0.2) is 48.3 Å². The van der Waals surface area contributed by atoms with Crippen LogP contribution in [0.1, 0.15) is 52.9 Å². The van der Waals surface area contributed by atoms with Crippen molar-refractivity contribution in [3.63, 3.8) is 0 Å². The normalized spacial score (nSPS) is 31.9. The monoisotopic (exact) mass is 279 g/mol. The Morgan fingerprint density at radius 2 is 2.20 bits per heavy atom. The van der Waals surface area contributed by atoms with E-state index in [0.717, 1.165) is 26.1 Å². The van der Waals surface area contributed by atoms with E-state index in [1.54, 1.807) is 0 Å². The van der Waals surface area contributed by atoms with Crippen molar-refractivity contribution >= 4 is 0 Å². The largest absolute Gasteiger partial charge is 0.375 e. The second kappa shape index (κ2) is 6.89. The summed E-state index contributed by atoms with van der Waals surface area (Å²) >= 11 is 0. The van der Waals surface area contributed by atoms with Crippen LogP contribution in [0, 0.1) is 11.3 Å². The lowest BCUT2D eigenvalue weighted by Crippen LogP contribution is -2.57. The van der Waals surface area contributed by atoms with E-state index in [1.807, 2.05) is 6.92 Å². The fourth-order valence-corrected chi connectivity index (χ4v) is 3.93. The smallest absolute Gasteiger partial charge is 0.105 e. The minimum absolute atomic E-state index is 0.420. The summed E-state index contributed by atoms with van der Waals surface area (Å²) in [6.07, 6.45) is 6.37. The lowest BCUT2D eigenvalue weighted by molar-refractivity contribution is -0.102. The molecule has 0 aromatic rings. The standard InChI is InChI=1S/C16H29N3O/c1-4-18-16(3,12-17)11-13(2)19-9-10-20-15-8-6-5-7-14(15)19/h13-15,18H,4-11H2,1-3H3. The molecule has 4 nitrogen and oxygen atoms in total. The molecule has 114 valence electrons. The number of nitriles is 1. The molecule has 0 bridgehead atoms. The topological polar surface area (TPSA) is 48.3 Å². The Labute approximate surface area is 123 Å². The van der Waals surface area contributed by atoms with E-state index < -0.39 is 5.54 Å². The molecule has 1 heterocycles. The molecule has 1 N–H and O–H groups in total. The molecule has 4 atom stereocenters. The van der Waals surface area contributed by atoms with Crippen molar-refractivity contribution in [2.75, 3.05) is 19.7 Å². The number of hydrogen-bond acceptors (Lipinski definition) is 4. The molecular weight excluding hydrogens is 250 g/mol. The second-order valence-electron chi connectivity index (χ2n) is 6.53. The van der Waals surface area contributed by atoms with Crippen LogP contribution >= 0.6 is 0 Å². The molecule has 2 aliphatic rings. The van der Waals surface area contributed by atoms with Crippen molar-refractivity contribution < 1.29 is 4.74 Å². The highest BCUT2D eigenvalue weighted by molar-refractivity contribution is 5.06. The highest BCUT2D eigenvalue weighted by Crippen LogP contribution is 2.31. The van der Waals surface area contributed by atoms with Crippen LogP contribution in [0.3, 0.4) is 0 Å². The summed E-state index contributed by atoms with van der Waals surface area (Å²) in [5.41, 5.74) is -0.420. The highest BCUT2D eigenvalue weighted by atomic mass is 16.5. The molecule has 0 aromatic carbocycles. The van der Waals surface area contributed by atoms with Crippen molar-refractivity contribution in [2.45, 2.75) is 76.6 Å². The van der Waals surface area contributed by atoms with E-state index in [9.17, 15) is 5.26 Å². The van der Waals surface area contributed by atoms with Crippen LogP contribution in [-0.2, 0) is 4.74 Å². The Bertz CT molecular complexity index is 352. The Morgan fingerprint density at radius 1 is 1.45 bits per heavy atom. The third kappa shape index (κ3) is 3.52. The fraction of sp³-hybridized carbons (Fsp3) is 0.938. The molecule has 1 aliphatic heterocycles. The Hall–Kier alpha value is -0.630. The van der Waals surface area contributed by atoms with Crippen molar-refractivity contribution in [1.29, 1.82) is 5.26 Å². The third-order valence-corrected chi connectivity index (χ3v) is 4.86. The zero-order valence-electron chi connectivity index (χ0n) is 13.2. The van der Waals surface area contributed by atoms with Crippen molar-refractivity contribution in [2.24, 2.45) is 0 Å². The first-order valence-electron chi connectivity index (χ1n) is 8.13. The first kappa shape index (κ1) is 15.8. The van der Waals surface area contributed by atoms with E-state index >= 15 is 0 Å². The van der Waals surface area contributed by atoms with E-state index in [-0.39, 0.29) is 0 Å². The van der Waals surface area contributed by atoms with Crippen LogP contribution in [0.25, 0.3) is 0 Å². The van der Waals surface area contributed by atoms with Gasteiger partial charge < -0.3 is 4.74 Å². The maximum atomic E-state index is 9.44. The predicted molar refractivity (Wildman–Crippen MR) is 80.5 cm³/mol. The maximum Gasteiger partial charge on any atom is 0.105 e. The molecule has 1 saturated carbocycles. The highest BCUT2D eigenvalue weighted by Gasteiger charge is 2.38. The van der Waals surface area contributed by atoms with Gasteiger partial charge in [0.05, 0.1) is 18.8 Å². The first-order valence-corrected chi connectivity index (χ1v) is 8.13. The van der Waals surface area contributed by atoms with Crippen LogP contribution in [0.4, 0.5) is 0 Å². The van der Waals surface area contributed by atoms with Gasteiger partial charge in [-0.3, -0.25) is 10.2 Å². The predicted octanol–water partition coefficient (Wildman–Crippen LogP) is 2.30. The quantitative estimate of drug-likeness (QED) is 0.839. The van der Waals surface area contributed by atoms with Gasteiger partial charge >= 0.3 is 0 Å². The van der Waals surface area contributed by atoms with E-state index in [1.165, 1.54) is 25.7 Å². The Morgan fingerprint density at radius 3 is 2.90 bits per heavy atom. The van der Waals surface area contributed by atoms with Gasteiger partial charge in [-0.2, -0.15) is 5.26 Å². The Balaban J connectivity index is 2.00. The van der Waals surface area contributed by atoms with Crippen LogP contribution < -0.4 is 5.32 Å². The molecule has 1 saturated heterocycles. The summed E-state index contributed by atoms with van der Waals surface area (Å²) in [4.78, 5) is 2.60. The molecule has 0 aromatic heterocycles. The van der Waals surface area contributed by atoms with E-state index in [0.29, 0.717) is 18.2 Å². The lowest BCUT2D eigenvalue weighted by Gasteiger charge is -2.47. The summed E-state index contributed by atoms with van der Waals surface area (Å²) in [6, 6.07) is 3.44. The molecule has 0 radical (unpaired) electrons. The number of hydrogen-bond donors (Lipinski definition) is 1. The summed E-state index contributed by atoms with van der Waals surface area (Å²) in [7, 11) is 0. The van der Waals surface area contributed by atoms with Gasteiger partial charge in [0, 0.05) is 18.6 Å². The number of nitrogens with one attached hydrogen (secondary N) is 1. The van der Waals surface area contributed by atoms with Gasteiger partial charge in [-0.1, -0.05) is 19.8 Å². The lowest BCUT2D eigenvalue weighted by atomic mass is 9.87. The molecule has 0 spiro atoms. The summed E-state index contributed by atoms with van der Waals surface area (Å²) in [5, 5.41) is 12.8. The summed E-state index contributed by atoms with van der Waals surface area (Å²) < 4.78 is 5.94. The van der Waals surface area contributed by atoms with E-state index in [2.05, 4.69) is 30.1 Å². The molecule has 20 heavy (non-hydrogen) atoms. The minimum Gasteiger partial charge on any atom is -0.375 e. The zero-order chi connectivity index (χ0) is 14.6. The molecule has 1 aliphatic carbocycles. The average molecular weight is 279 g/mol. The Kier molecular flexibility index (Phi) is 5.42. The van der Waals surface area contributed by atoms with Crippen LogP contribution in [0.2, 0.25) is 0 Å². The number of nitrogens with zero attached hydrogens (tertiary/aromatic N) is 2. The van der Waals surface area contributed by atoms with Gasteiger partial charge in [0.1, 0.15) is 5.54 Å². The van der Waals surface area contributed by atoms with Gasteiger partial charge in [-0.15, -0.1) is 0 Å². The number of ether oxygens (including phenoxy) is 1. The number of morpholine rings is 1. The van der Waals surface area contributed by atoms with Crippen LogP contribution in [0.5, 0.6) is 0 Å². The van der Waals surface area contributed by atoms with Crippen molar-refractivity contribution in [1.82, 2.24) is 10.2 Å². The SMILES string of the molecule is CCNC(C)(C#N)CC(C)N1CCOC2CCCCC21. The van der Waals surface area contributed by atoms with Crippen molar-refractivity contribution in [3.05, 3.63) is 0 Å². The maximum absolute atomic E-state index is 9.44. The molecule has 0 amide bonds. The summed E-state index contributed by atoms with van der Waals surface area (Å²) in [5.74, 6) is 0. The fourth-order valence-electron chi connectivity index (χ4n) is 3.93. The molecule has 2 rings (SSSR count). The van der Waals surface area contributed by atoms with Gasteiger partial charge in [-0.05, 0) is 39.7 Å². The second-order valence-corrected chi connectivity index (χ2v) is 6.53. The first-order chi connectivity index (χ1) is 9.59. The molecule has 2 fully saturated rings. The minimum atomic E-state index is -0.420. The number of fused-ring (bicyclic) bond motifs is 1. The van der Waals surface area contributed by atoms with Gasteiger partial charge in [0.15, 0.2) is 0 Å².